The predicted octanol–water partition coefficient (Wildman–Crippen LogP) is 5.14. The third-order valence-corrected chi connectivity index (χ3v) is 8.55. The van der Waals surface area contributed by atoms with Gasteiger partial charge in [-0.15, -0.1) is 0 Å². The van der Waals surface area contributed by atoms with E-state index in [0.717, 1.165) is 16.7 Å². The maximum absolute atomic E-state index is 12.7. The summed E-state index contributed by atoms with van der Waals surface area (Å²) in [6.07, 6.45) is 0.419. The van der Waals surface area contributed by atoms with Gasteiger partial charge in [-0.05, 0) is 23.6 Å². The van der Waals surface area contributed by atoms with Crippen molar-refractivity contribution in [3.8, 4) is 11.9 Å². The molecule has 3 aromatic carbocycles. The number of aliphatic hydroxyl groups excluding tert-OH is 1. The monoisotopic (exact) mass is 645 g/mol. The number of ether oxygens (including phenoxy) is 2. The normalized spacial score (nSPS) is 17.6. The first-order valence-electron chi connectivity index (χ1n) is 16.1. The lowest BCUT2D eigenvalue weighted by Gasteiger charge is -2.50. The summed E-state index contributed by atoms with van der Waals surface area (Å²) in [7, 11) is 0. The van der Waals surface area contributed by atoms with E-state index in [-0.39, 0.29) is 36.9 Å². The summed E-state index contributed by atoms with van der Waals surface area (Å²) in [4.78, 5) is 28.8. The van der Waals surface area contributed by atoms with Gasteiger partial charge in [-0.3, -0.25) is 19.6 Å². The first-order valence-corrected chi connectivity index (χ1v) is 16.1. The fraction of sp³-hybridized carbons (Fsp3) is 0.324. The lowest BCUT2D eigenvalue weighted by Crippen LogP contribution is -2.57. The molecule has 1 aliphatic heterocycles. The van der Waals surface area contributed by atoms with E-state index in [4.69, 9.17) is 14.5 Å². The van der Waals surface area contributed by atoms with Crippen molar-refractivity contribution in [1.82, 2.24) is 24.4 Å². The minimum Gasteiger partial charge on any atom is -0.475 e. The van der Waals surface area contributed by atoms with Gasteiger partial charge >= 0.3 is 0 Å². The van der Waals surface area contributed by atoms with Crippen molar-refractivity contribution >= 4 is 23.0 Å². The van der Waals surface area contributed by atoms with Crippen LogP contribution in [-0.4, -0.2) is 67.8 Å². The number of anilines is 1. The average molecular weight is 646 g/mol. The number of morpholine rings is 1. The molecule has 3 atom stereocenters. The van der Waals surface area contributed by atoms with Gasteiger partial charge in [0.25, 0.3) is 0 Å². The fourth-order valence-electron chi connectivity index (χ4n) is 6.18. The number of nitrogens with zero attached hydrogens (tertiary/aromatic N) is 6. The topological polar surface area (TPSA) is 138 Å². The van der Waals surface area contributed by atoms with E-state index >= 15 is 0 Å². The highest BCUT2D eigenvalue weighted by atomic mass is 16.5. The summed E-state index contributed by atoms with van der Waals surface area (Å²) in [6, 6.07) is 33.2. The van der Waals surface area contributed by atoms with Gasteiger partial charge in [-0.1, -0.05) is 105 Å². The number of rotatable bonds is 11. The number of aromatic nitrogens is 4. The molecule has 0 saturated carbocycles. The van der Waals surface area contributed by atoms with Crippen LogP contribution in [0.4, 0.5) is 5.95 Å². The number of benzene rings is 3. The van der Waals surface area contributed by atoms with Crippen molar-refractivity contribution in [3.05, 3.63) is 114 Å². The zero-order valence-electron chi connectivity index (χ0n) is 27.2. The molecular formula is C37H39N7O4. The number of amides is 1. The molecule has 2 N–H and O–H groups in total. The van der Waals surface area contributed by atoms with Crippen LogP contribution in [0.15, 0.2) is 97.3 Å². The molecule has 1 unspecified atom stereocenters. The van der Waals surface area contributed by atoms with Crippen LogP contribution in [0.25, 0.3) is 11.2 Å². The second-order valence-corrected chi connectivity index (χ2v) is 12.3. The zero-order chi connectivity index (χ0) is 33.7. The van der Waals surface area contributed by atoms with Gasteiger partial charge < -0.3 is 14.6 Å². The third-order valence-electron chi connectivity index (χ3n) is 8.55. The van der Waals surface area contributed by atoms with Crippen LogP contribution in [0.1, 0.15) is 43.7 Å². The number of nitrogens with one attached hydrogen (secondary N) is 1. The average Bonchev–Trinajstić information content (AvgIpc) is 3.56. The molecule has 1 saturated heterocycles. The van der Waals surface area contributed by atoms with Gasteiger partial charge in [-0.25, -0.2) is 4.98 Å². The molecule has 246 valence electrons. The number of carbonyl (C=O) groups is 1. The standard InChI is InChI=1S/C37H39N7O4/c1-25(2)34(46)41-36-40-33-32(35(42-36)47-23-26(3)19-38)39-24-44(33)31-21-43(20-30(22-45)48-31)37(27-13-7-4-8-14-27,28-15-9-5-10-16-28)29-17-11-6-12-18-29/h4-18,24-26,30-31,45H,20-23H2,1-3H3,(H,40,41,42,46)/t26?,30-,31+/m0/s1. The number of carbonyl (C=O) groups excluding carboxylic acids is 1. The Morgan fingerprint density at radius 1 is 0.979 bits per heavy atom. The van der Waals surface area contributed by atoms with E-state index in [2.05, 4.69) is 62.7 Å². The summed E-state index contributed by atoms with van der Waals surface area (Å²) >= 11 is 0. The van der Waals surface area contributed by atoms with E-state index in [9.17, 15) is 15.2 Å². The highest BCUT2D eigenvalue weighted by Crippen LogP contribution is 2.45. The third kappa shape index (κ3) is 6.38. The van der Waals surface area contributed by atoms with E-state index in [1.807, 2.05) is 54.6 Å². The minimum atomic E-state index is -0.747. The molecule has 11 nitrogen and oxygen atoms in total. The number of nitriles is 1. The van der Waals surface area contributed by atoms with E-state index < -0.39 is 23.8 Å². The molecule has 0 spiro atoms. The Morgan fingerprint density at radius 3 is 2.08 bits per heavy atom. The van der Waals surface area contributed by atoms with Crippen LogP contribution < -0.4 is 10.1 Å². The van der Waals surface area contributed by atoms with E-state index in [1.54, 1.807) is 31.7 Å². The lowest BCUT2D eigenvalue weighted by atomic mass is 9.75. The molecule has 0 radical (unpaired) electrons. The van der Waals surface area contributed by atoms with Gasteiger partial charge in [0.2, 0.25) is 17.7 Å². The number of fused-ring (bicyclic) bond motifs is 1. The molecule has 3 heterocycles. The Balaban J connectivity index is 1.50. The highest BCUT2D eigenvalue weighted by molar-refractivity contribution is 5.91. The van der Waals surface area contributed by atoms with Crippen molar-refractivity contribution in [2.45, 2.75) is 38.6 Å². The van der Waals surface area contributed by atoms with Gasteiger partial charge in [0.05, 0.1) is 36.6 Å². The Bertz CT molecular complexity index is 1780. The first-order chi connectivity index (χ1) is 23.3. The second-order valence-electron chi connectivity index (χ2n) is 12.3. The van der Waals surface area contributed by atoms with E-state index in [1.165, 1.54) is 0 Å². The minimum absolute atomic E-state index is 0.0566. The van der Waals surface area contributed by atoms with Crippen LogP contribution in [0.2, 0.25) is 0 Å². The fourth-order valence-corrected chi connectivity index (χ4v) is 6.18. The largest absolute Gasteiger partial charge is 0.475 e. The number of imidazole rings is 1. The smallest absolute Gasteiger partial charge is 0.247 e. The van der Waals surface area contributed by atoms with Crippen LogP contribution in [0, 0.1) is 23.2 Å². The SMILES string of the molecule is CC(C#N)COc1nc(NC(=O)C(C)C)nc2c1ncn2[C@H]1CN(C(c2ccccc2)(c2ccccc2)c2ccccc2)C[C@@H](CO)O1. The molecule has 5 aromatic rings. The molecule has 11 heteroatoms. The molecule has 1 amide bonds. The first kappa shape index (κ1) is 32.8. The Morgan fingerprint density at radius 2 is 1.56 bits per heavy atom. The maximum Gasteiger partial charge on any atom is 0.247 e. The number of aliphatic hydroxyl groups is 1. The molecular weight excluding hydrogens is 606 g/mol. The highest BCUT2D eigenvalue weighted by Gasteiger charge is 2.46. The van der Waals surface area contributed by atoms with Crippen LogP contribution >= 0.6 is 0 Å². The van der Waals surface area contributed by atoms with E-state index in [0.29, 0.717) is 24.3 Å². The Hall–Kier alpha value is -5.15. The Labute approximate surface area is 279 Å². The molecule has 0 bridgehead atoms. The molecule has 48 heavy (non-hydrogen) atoms. The molecule has 1 fully saturated rings. The molecule has 0 aliphatic carbocycles. The Kier molecular flexibility index (Phi) is 9.77. The van der Waals surface area contributed by atoms with Crippen LogP contribution in [-0.2, 0) is 15.1 Å². The maximum atomic E-state index is 12.7. The van der Waals surface area contributed by atoms with Crippen molar-refractivity contribution in [1.29, 1.82) is 5.26 Å². The summed E-state index contributed by atoms with van der Waals surface area (Å²) in [5.41, 5.74) is 3.21. The molecule has 1 aliphatic rings. The van der Waals surface area contributed by atoms with Crippen molar-refractivity contribution in [2.75, 3.05) is 31.6 Å². The van der Waals surface area contributed by atoms with Gasteiger partial charge in [0.15, 0.2) is 11.2 Å². The molecule has 6 rings (SSSR count). The summed E-state index contributed by atoms with van der Waals surface area (Å²) in [5, 5.41) is 22.7. The lowest BCUT2D eigenvalue weighted by molar-refractivity contribution is -0.148. The summed E-state index contributed by atoms with van der Waals surface area (Å²) < 4.78 is 14.3. The quantitative estimate of drug-likeness (QED) is 0.187. The van der Waals surface area contributed by atoms with Gasteiger partial charge in [-0.2, -0.15) is 15.2 Å². The van der Waals surface area contributed by atoms with Crippen molar-refractivity contribution in [2.24, 2.45) is 11.8 Å². The van der Waals surface area contributed by atoms with Crippen LogP contribution in [0.5, 0.6) is 5.88 Å². The van der Waals surface area contributed by atoms with Crippen LogP contribution in [0.3, 0.4) is 0 Å². The van der Waals surface area contributed by atoms with Crippen molar-refractivity contribution in [3.63, 3.8) is 0 Å². The van der Waals surface area contributed by atoms with Gasteiger partial charge in [0, 0.05) is 19.0 Å². The second kappa shape index (κ2) is 14.3. The number of hydrogen-bond donors (Lipinski definition) is 2. The predicted molar refractivity (Wildman–Crippen MR) is 181 cm³/mol. The zero-order valence-corrected chi connectivity index (χ0v) is 27.2. The summed E-state index contributed by atoms with van der Waals surface area (Å²) in [6.45, 7) is 6.00. The van der Waals surface area contributed by atoms with Crippen molar-refractivity contribution < 1.29 is 19.4 Å². The molecule has 2 aromatic heterocycles. The summed E-state index contributed by atoms with van der Waals surface area (Å²) in [5.74, 6) is -0.747. The van der Waals surface area contributed by atoms with Gasteiger partial charge in [0.1, 0.15) is 12.8 Å². The number of hydrogen-bond acceptors (Lipinski definition) is 9.